The zero-order valence-corrected chi connectivity index (χ0v) is 11.1. The van der Waals surface area contributed by atoms with Crippen LogP contribution in [0.1, 0.15) is 45.4 Å². The molecule has 0 aromatic heterocycles. The Morgan fingerprint density at radius 3 is 2.41 bits per heavy atom. The minimum atomic E-state index is -0.740. The van der Waals surface area contributed by atoms with Crippen molar-refractivity contribution in [3.8, 4) is 0 Å². The monoisotopic (exact) mass is 242 g/mol. The van der Waals surface area contributed by atoms with E-state index in [1.54, 1.807) is 0 Å². The highest BCUT2D eigenvalue weighted by atomic mass is 16.4. The number of rotatable bonds is 6. The lowest BCUT2D eigenvalue weighted by atomic mass is 9.83. The van der Waals surface area contributed by atoms with Crippen molar-refractivity contribution in [1.82, 2.24) is 4.90 Å². The van der Waals surface area contributed by atoms with Gasteiger partial charge in [0.15, 0.2) is 0 Å². The van der Waals surface area contributed by atoms with Crippen LogP contribution in [-0.4, -0.2) is 41.7 Å². The standard InChI is InChI=1S/C13H26N2O2/c1-3-10-4-6-11(7-5-10)15(2)12(8-9-14)13(16)17/h10-12H,3-9,14H2,1-2H3,(H,16,17). The second-order valence-corrected chi connectivity index (χ2v) is 5.18. The summed E-state index contributed by atoms with van der Waals surface area (Å²) in [6, 6.07) is 0.00799. The van der Waals surface area contributed by atoms with E-state index in [0.29, 0.717) is 19.0 Å². The third kappa shape index (κ3) is 3.96. The fraction of sp³-hybridized carbons (Fsp3) is 0.923. The van der Waals surface area contributed by atoms with E-state index in [9.17, 15) is 9.90 Å². The molecule has 3 N–H and O–H groups in total. The summed E-state index contributed by atoms with van der Waals surface area (Å²) in [6.07, 6.45) is 6.52. The summed E-state index contributed by atoms with van der Waals surface area (Å²) in [5.41, 5.74) is 5.49. The third-order valence-corrected chi connectivity index (χ3v) is 4.19. The predicted molar refractivity (Wildman–Crippen MR) is 68.9 cm³/mol. The molecule has 4 nitrogen and oxygen atoms in total. The van der Waals surface area contributed by atoms with Gasteiger partial charge in [-0.2, -0.15) is 0 Å². The molecular formula is C13H26N2O2. The summed E-state index contributed by atoms with van der Waals surface area (Å²) in [4.78, 5) is 13.2. The second-order valence-electron chi connectivity index (χ2n) is 5.18. The Morgan fingerprint density at radius 2 is 2.00 bits per heavy atom. The van der Waals surface area contributed by atoms with Gasteiger partial charge in [0.05, 0.1) is 0 Å². The summed E-state index contributed by atoms with van der Waals surface area (Å²) >= 11 is 0. The average Bonchev–Trinajstić information content (AvgIpc) is 2.35. The van der Waals surface area contributed by atoms with Gasteiger partial charge in [0.1, 0.15) is 6.04 Å². The Morgan fingerprint density at radius 1 is 1.41 bits per heavy atom. The van der Waals surface area contributed by atoms with Crippen molar-refractivity contribution in [2.75, 3.05) is 13.6 Å². The van der Waals surface area contributed by atoms with E-state index in [0.717, 1.165) is 18.8 Å². The van der Waals surface area contributed by atoms with Crippen LogP contribution in [0.5, 0.6) is 0 Å². The van der Waals surface area contributed by atoms with Crippen LogP contribution in [0.15, 0.2) is 0 Å². The second kappa shape index (κ2) is 6.97. The van der Waals surface area contributed by atoms with Crippen LogP contribution in [0.4, 0.5) is 0 Å². The molecule has 0 aliphatic heterocycles. The van der Waals surface area contributed by atoms with Crippen LogP contribution in [0, 0.1) is 5.92 Å². The molecule has 1 atom stereocenters. The highest BCUT2D eigenvalue weighted by Gasteiger charge is 2.30. The van der Waals surface area contributed by atoms with Crippen LogP contribution < -0.4 is 5.73 Å². The fourth-order valence-electron chi connectivity index (χ4n) is 2.87. The Labute approximate surface area is 104 Å². The van der Waals surface area contributed by atoms with Crippen molar-refractivity contribution in [3.63, 3.8) is 0 Å². The van der Waals surface area contributed by atoms with E-state index < -0.39 is 12.0 Å². The van der Waals surface area contributed by atoms with Gasteiger partial charge in [0.2, 0.25) is 0 Å². The van der Waals surface area contributed by atoms with E-state index in [-0.39, 0.29) is 0 Å². The molecule has 0 radical (unpaired) electrons. The quantitative estimate of drug-likeness (QED) is 0.744. The summed E-state index contributed by atoms with van der Waals surface area (Å²) in [7, 11) is 1.94. The van der Waals surface area contributed by atoms with Gasteiger partial charge in [-0.05, 0) is 51.6 Å². The Balaban J connectivity index is 2.50. The van der Waals surface area contributed by atoms with E-state index in [1.165, 1.54) is 19.3 Å². The van der Waals surface area contributed by atoms with Crippen LogP contribution in [0.3, 0.4) is 0 Å². The van der Waals surface area contributed by atoms with Crippen molar-refractivity contribution in [2.45, 2.75) is 57.5 Å². The van der Waals surface area contributed by atoms with E-state index in [4.69, 9.17) is 5.73 Å². The molecule has 100 valence electrons. The predicted octanol–water partition coefficient (Wildman–Crippen LogP) is 1.69. The van der Waals surface area contributed by atoms with E-state index >= 15 is 0 Å². The maximum atomic E-state index is 11.2. The zero-order chi connectivity index (χ0) is 12.8. The highest BCUT2D eigenvalue weighted by Crippen LogP contribution is 2.30. The number of aliphatic carboxylic acids is 1. The van der Waals surface area contributed by atoms with E-state index in [1.807, 2.05) is 11.9 Å². The summed E-state index contributed by atoms with van der Waals surface area (Å²) < 4.78 is 0. The molecule has 1 aliphatic carbocycles. The first-order valence-electron chi connectivity index (χ1n) is 6.74. The molecule has 0 saturated heterocycles. The number of carboxylic acid groups (broad SMARTS) is 1. The molecule has 4 heteroatoms. The van der Waals surface area contributed by atoms with Crippen molar-refractivity contribution < 1.29 is 9.90 Å². The number of hydrogen-bond donors (Lipinski definition) is 2. The normalized spacial score (nSPS) is 27.1. The molecule has 0 bridgehead atoms. The number of carboxylic acids is 1. The van der Waals surface area contributed by atoms with Crippen molar-refractivity contribution in [3.05, 3.63) is 0 Å². The van der Waals surface area contributed by atoms with Gasteiger partial charge < -0.3 is 10.8 Å². The lowest BCUT2D eigenvalue weighted by Crippen LogP contribution is -2.47. The molecule has 1 unspecified atom stereocenters. The van der Waals surface area contributed by atoms with Crippen LogP contribution in [0.2, 0.25) is 0 Å². The smallest absolute Gasteiger partial charge is 0.320 e. The molecular weight excluding hydrogens is 216 g/mol. The van der Waals surface area contributed by atoms with Gasteiger partial charge in [-0.15, -0.1) is 0 Å². The molecule has 1 aliphatic rings. The summed E-state index contributed by atoms with van der Waals surface area (Å²) in [5, 5.41) is 9.21. The van der Waals surface area contributed by atoms with Gasteiger partial charge in [-0.1, -0.05) is 13.3 Å². The summed E-state index contributed by atoms with van der Waals surface area (Å²) in [6.45, 7) is 2.68. The van der Waals surface area contributed by atoms with Gasteiger partial charge in [0.25, 0.3) is 0 Å². The SMILES string of the molecule is CCC1CCC(N(C)C(CCN)C(=O)O)CC1. The van der Waals surface area contributed by atoms with Gasteiger partial charge >= 0.3 is 5.97 Å². The molecule has 0 spiro atoms. The first kappa shape index (κ1) is 14.5. The molecule has 0 aromatic carbocycles. The Bertz CT molecular complexity index is 238. The molecule has 1 rings (SSSR count). The number of nitrogens with two attached hydrogens (primary N) is 1. The number of hydrogen-bond acceptors (Lipinski definition) is 3. The largest absolute Gasteiger partial charge is 0.480 e. The fourth-order valence-corrected chi connectivity index (χ4v) is 2.87. The zero-order valence-electron chi connectivity index (χ0n) is 11.1. The maximum Gasteiger partial charge on any atom is 0.320 e. The topological polar surface area (TPSA) is 66.6 Å². The van der Waals surface area contributed by atoms with Crippen molar-refractivity contribution in [1.29, 1.82) is 0 Å². The first-order chi connectivity index (χ1) is 8.10. The number of likely N-dealkylation sites (N-methyl/N-ethyl adjacent to an activating group) is 1. The lowest BCUT2D eigenvalue weighted by Gasteiger charge is -2.37. The minimum absolute atomic E-state index is 0.414. The lowest BCUT2D eigenvalue weighted by molar-refractivity contribution is -0.144. The summed E-state index contributed by atoms with van der Waals surface area (Å²) in [5.74, 6) is 0.105. The molecule has 17 heavy (non-hydrogen) atoms. The minimum Gasteiger partial charge on any atom is -0.480 e. The van der Waals surface area contributed by atoms with Crippen molar-refractivity contribution in [2.24, 2.45) is 11.7 Å². The van der Waals surface area contributed by atoms with Gasteiger partial charge in [0, 0.05) is 6.04 Å². The maximum absolute atomic E-state index is 11.2. The molecule has 0 amide bonds. The van der Waals surface area contributed by atoms with E-state index in [2.05, 4.69) is 6.92 Å². The van der Waals surface area contributed by atoms with Crippen molar-refractivity contribution >= 4 is 5.97 Å². The molecule has 0 aromatic rings. The van der Waals surface area contributed by atoms with Gasteiger partial charge in [-0.3, -0.25) is 9.69 Å². The molecule has 1 saturated carbocycles. The number of carbonyl (C=O) groups is 1. The number of nitrogens with zero attached hydrogens (tertiary/aromatic N) is 1. The van der Waals surface area contributed by atoms with Crippen LogP contribution in [-0.2, 0) is 4.79 Å². The third-order valence-electron chi connectivity index (χ3n) is 4.19. The molecule has 0 heterocycles. The Kier molecular flexibility index (Phi) is 5.92. The van der Waals surface area contributed by atoms with Crippen LogP contribution in [0.25, 0.3) is 0 Å². The molecule has 1 fully saturated rings. The first-order valence-corrected chi connectivity index (χ1v) is 6.74. The Hall–Kier alpha value is -0.610. The highest BCUT2D eigenvalue weighted by molar-refractivity contribution is 5.73. The average molecular weight is 242 g/mol. The van der Waals surface area contributed by atoms with Crippen LogP contribution >= 0.6 is 0 Å². The van der Waals surface area contributed by atoms with Gasteiger partial charge in [-0.25, -0.2) is 0 Å².